The molecule has 118 valence electrons. The smallest absolute Gasteiger partial charge is 0.418 e. The highest BCUT2D eigenvalue weighted by Gasteiger charge is 2.29. The Balaban J connectivity index is 0. The molecule has 3 aliphatic rings. The van der Waals surface area contributed by atoms with E-state index >= 15 is 0 Å². The summed E-state index contributed by atoms with van der Waals surface area (Å²) in [6, 6.07) is 0. The third-order valence-electron chi connectivity index (χ3n) is 2.50. The van der Waals surface area contributed by atoms with Crippen molar-refractivity contribution in [1.29, 1.82) is 0 Å². The number of halogens is 8. The summed E-state index contributed by atoms with van der Waals surface area (Å²) in [7, 11) is -12.0. The molecule has 0 aromatic carbocycles. The predicted molar refractivity (Wildman–Crippen MR) is 55.1 cm³/mol. The number of fused-ring (bicyclic) bond motifs is 3. The minimum Gasteiger partial charge on any atom is -0.418 e. The second-order valence-electron chi connectivity index (χ2n) is 3.99. The molecule has 0 aliphatic carbocycles. The molecule has 0 saturated carbocycles. The molecule has 0 aromatic heterocycles. The summed E-state index contributed by atoms with van der Waals surface area (Å²) >= 11 is 0. The Morgan fingerprint density at radius 2 is 0.579 bits per heavy atom. The van der Waals surface area contributed by atoms with Crippen molar-refractivity contribution < 1.29 is 49.8 Å². The zero-order chi connectivity index (χ0) is 14.4. The number of quaternary nitrogens is 2. The Morgan fingerprint density at radius 3 is 0.632 bits per heavy atom. The van der Waals surface area contributed by atoms with E-state index in [9.17, 15) is 34.5 Å². The lowest BCUT2D eigenvalue weighted by molar-refractivity contribution is -1.06. The van der Waals surface area contributed by atoms with E-state index in [0.717, 1.165) is 0 Å². The molecule has 3 rings (SSSR count). The molecule has 3 fully saturated rings. The molecule has 0 aromatic rings. The van der Waals surface area contributed by atoms with Crippen LogP contribution in [0.25, 0.3) is 0 Å². The summed E-state index contributed by atoms with van der Waals surface area (Å²) in [6.45, 7) is 8.64. The number of nitrogens with one attached hydrogen (secondary N) is 2. The zero-order valence-corrected chi connectivity index (χ0v) is 9.92. The third kappa shape index (κ3) is 19.9. The average Bonchev–Trinajstić information content (AvgIpc) is 2.15. The fourth-order valence-corrected chi connectivity index (χ4v) is 1.81. The van der Waals surface area contributed by atoms with Gasteiger partial charge in [-0.3, -0.25) is 0 Å². The van der Waals surface area contributed by atoms with Crippen LogP contribution < -0.4 is 9.80 Å². The molecule has 3 heterocycles. The largest absolute Gasteiger partial charge is 0.673 e. The SMILES string of the molecule is C1C[NH+]2CC[NH+]1CC2.F[B-](F)(F)F.F[B-](F)(F)F.O. The van der Waals surface area contributed by atoms with Gasteiger partial charge in [0.15, 0.2) is 0 Å². The van der Waals surface area contributed by atoms with Crippen molar-refractivity contribution in [2.75, 3.05) is 39.3 Å². The van der Waals surface area contributed by atoms with Gasteiger partial charge in [0.1, 0.15) is 39.3 Å². The Bertz CT molecular complexity index is 183. The van der Waals surface area contributed by atoms with Crippen LogP contribution in [0.2, 0.25) is 0 Å². The summed E-state index contributed by atoms with van der Waals surface area (Å²) in [5.74, 6) is 0. The predicted octanol–water partition coefficient (Wildman–Crippen LogP) is -1.44. The lowest BCUT2D eigenvalue weighted by Crippen LogP contribution is -3.35. The van der Waals surface area contributed by atoms with E-state index in [4.69, 9.17) is 0 Å². The van der Waals surface area contributed by atoms with Gasteiger partial charge in [-0.2, -0.15) is 0 Å². The van der Waals surface area contributed by atoms with Crippen LogP contribution in [0, 0.1) is 0 Å². The number of rotatable bonds is 0. The molecule has 2 bridgehead atoms. The van der Waals surface area contributed by atoms with Crippen LogP contribution in [0.15, 0.2) is 0 Å². The van der Waals surface area contributed by atoms with Crippen LogP contribution in [0.3, 0.4) is 0 Å². The Morgan fingerprint density at radius 1 is 0.474 bits per heavy atom. The molecule has 4 N–H and O–H groups in total. The van der Waals surface area contributed by atoms with Crippen molar-refractivity contribution in [2.45, 2.75) is 0 Å². The van der Waals surface area contributed by atoms with E-state index in [1.807, 2.05) is 9.80 Å². The summed E-state index contributed by atoms with van der Waals surface area (Å²) in [5.41, 5.74) is 0. The lowest BCUT2D eigenvalue weighted by Gasteiger charge is -2.35. The van der Waals surface area contributed by atoms with E-state index in [1.165, 1.54) is 39.3 Å². The first-order valence-electron chi connectivity index (χ1n) is 5.37. The van der Waals surface area contributed by atoms with Gasteiger partial charge in [0.2, 0.25) is 0 Å². The van der Waals surface area contributed by atoms with Crippen LogP contribution >= 0.6 is 0 Å². The van der Waals surface area contributed by atoms with Gasteiger partial charge in [-0.1, -0.05) is 0 Å². The highest BCUT2D eigenvalue weighted by atomic mass is 19.5. The molecule has 3 saturated heterocycles. The van der Waals surface area contributed by atoms with E-state index < -0.39 is 14.5 Å². The molecule has 3 aliphatic heterocycles. The molecule has 0 radical (unpaired) electrons. The number of hydrogen-bond acceptors (Lipinski definition) is 0. The van der Waals surface area contributed by atoms with Gasteiger partial charge < -0.3 is 49.8 Å². The molecule has 0 atom stereocenters. The van der Waals surface area contributed by atoms with Gasteiger partial charge in [-0.05, 0) is 0 Å². The fraction of sp³-hybridized carbons (Fsp3) is 1.00. The van der Waals surface area contributed by atoms with E-state index in [-0.39, 0.29) is 5.48 Å². The normalized spacial score (nSPS) is 25.3. The average molecular weight is 306 g/mol. The van der Waals surface area contributed by atoms with Gasteiger partial charge in [-0.15, -0.1) is 0 Å². The first-order valence-corrected chi connectivity index (χ1v) is 5.37. The first kappa shape index (κ1) is 20.8. The summed E-state index contributed by atoms with van der Waals surface area (Å²) < 4.78 is 78.0. The van der Waals surface area contributed by atoms with Crippen molar-refractivity contribution in [2.24, 2.45) is 0 Å². The third-order valence-corrected chi connectivity index (χ3v) is 2.50. The topological polar surface area (TPSA) is 40.4 Å². The summed E-state index contributed by atoms with van der Waals surface area (Å²) in [5, 5.41) is 0. The van der Waals surface area contributed by atoms with Crippen molar-refractivity contribution in [3.05, 3.63) is 0 Å². The molecule has 19 heavy (non-hydrogen) atoms. The molecular formula is C6H16B2F8N2O. The molecule has 0 spiro atoms. The van der Waals surface area contributed by atoms with Gasteiger partial charge in [0.05, 0.1) is 0 Å². The van der Waals surface area contributed by atoms with E-state index in [0.29, 0.717) is 0 Å². The molecule has 3 nitrogen and oxygen atoms in total. The van der Waals surface area contributed by atoms with Crippen molar-refractivity contribution in [3.63, 3.8) is 0 Å². The number of hydrogen-bond donors (Lipinski definition) is 2. The van der Waals surface area contributed by atoms with Gasteiger partial charge in [-0.25, -0.2) is 0 Å². The fourth-order valence-electron chi connectivity index (χ4n) is 1.81. The zero-order valence-electron chi connectivity index (χ0n) is 9.92. The molecule has 0 amide bonds. The van der Waals surface area contributed by atoms with Crippen LogP contribution in [0.5, 0.6) is 0 Å². The number of piperazine rings is 3. The van der Waals surface area contributed by atoms with Crippen LogP contribution in [0.4, 0.5) is 34.5 Å². The van der Waals surface area contributed by atoms with E-state index in [1.54, 1.807) is 0 Å². The first-order chi connectivity index (χ1) is 7.95. The van der Waals surface area contributed by atoms with Gasteiger partial charge in [0, 0.05) is 0 Å². The van der Waals surface area contributed by atoms with Crippen molar-refractivity contribution in [1.82, 2.24) is 0 Å². The van der Waals surface area contributed by atoms with E-state index in [2.05, 4.69) is 0 Å². The molecule has 0 unspecified atom stereocenters. The van der Waals surface area contributed by atoms with Crippen LogP contribution in [0.1, 0.15) is 0 Å². The maximum Gasteiger partial charge on any atom is 0.673 e. The maximum atomic E-state index is 9.75. The highest BCUT2D eigenvalue weighted by molar-refractivity contribution is 6.50. The van der Waals surface area contributed by atoms with Crippen LogP contribution in [-0.4, -0.2) is 59.3 Å². The molecular weight excluding hydrogens is 290 g/mol. The Labute approximate surface area is 105 Å². The minimum atomic E-state index is -6.00. The lowest BCUT2D eigenvalue weighted by atomic mass is 10.2. The van der Waals surface area contributed by atoms with Crippen LogP contribution in [-0.2, 0) is 0 Å². The Hall–Kier alpha value is -0.550. The van der Waals surface area contributed by atoms with Crippen molar-refractivity contribution >= 4 is 14.5 Å². The maximum absolute atomic E-state index is 9.75. The van der Waals surface area contributed by atoms with Crippen molar-refractivity contribution in [3.8, 4) is 0 Å². The highest BCUT2D eigenvalue weighted by Crippen LogP contribution is 2.07. The second-order valence-corrected chi connectivity index (χ2v) is 3.99. The van der Waals surface area contributed by atoms with Gasteiger partial charge >= 0.3 is 14.5 Å². The summed E-state index contributed by atoms with van der Waals surface area (Å²) in [4.78, 5) is 3.69. The molecule has 13 heteroatoms. The monoisotopic (exact) mass is 306 g/mol. The minimum absolute atomic E-state index is 0. The Kier molecular flexibility index (Phi) is 9.38. The quantitative estimate of drug-likeness (QED) is 0.407. The second kappa shape index (κ2) is 8.59. The standard InChI is InChI=1S/C6H12N2.2BF4.H2O/c1-2-8-5-3-7(1)4-6-8;2*2-1(3,4)5;/h1-6H2;;;1H2/q;2*-1;/p+2. The summed E-state index contributed by atoms with van der Waals surface area (Å²) in [6.07, 6.45) is 0. The van der Waals surface area contributed by atoms with Gasteiger partial charge in [0.25, 0.3) is 0 Å².